The molecule has 0 saturated heterocycles. The number of hydrogen-bond donors (Lipinski definition) is 1. The molecule has 1 amide bonds. The van der Waals surface area contributed by atoms with E-state index in [1.807, 2.05) is 38.1 Å². The highest BCUT2D eigenvalue weighted by molar-refractivity contribution is 5.93. The van der Waals surface area contributed by atoms with Crippen LogP contribution < -0.4 is 5.32 Å². The molecule has 0 bridgehead atoms. The van der Waals surface area contributed by atoms with Crippen LogP contribution in [0.4, 0.5) is 5.69 Å². The fourth-order valence-corrected chi connectivity index (χ4v) is 4.18. The summed E-state index contributed by atoms with van der Waals surface area (Å²) in [5.41, 5.74) is 4.61. The molecule has 3 aromatic carbocycles. The molecule has 0 aliphatic rings. The summed E-state index contributed by atoms with van der Waals surface area (Å²) >= 11 is 0. The molecule has 40 heavy (non-hydrogen) atoms. The average molecular weight is 562 g/mol. The minimum absolute atomic E-state index is 0. The number of carbonyl (C=O) groups is 1. The molecule has 0 radical (unpaired) electrons. The van der Waals surface area contributed by atoms with Gasteiger partial charge in [0.15, 0.2) is 0 Å². The molecule has 0 aliphatic carbocycles. The van der Waals surface area contributed by atoms with Crippen molar-refractivity contribution < 1.29 is 4.79 Å². The summed E-state index contributed by atoms with van der Waals surface area (Å²) in [4.78, 5) is 16.3. The highest BCUT2D eigenvalue weighted by Crippen LogP contribution is 2.20. The molecule has 3 aromatic rings. The quantitative estimate of drug-likeness (QED) is 0.270. The number of benzene rings is 3. The Balaban J connectivity index is 0.000000403. The highest BCUT2D eigenvalue weighted by atomic mass is 35.5. The number of hydrogen-bond acceptors (Lipinski definition) is 3. The van der Waals surface area contributed by atoms with Gasteiger partial charge in [-0.1, -0.05) is 92.4 Å². The molecule has 5 heteroatoms. The number of allylic oxidation sites excluding steroid dienone is 1. The maximum atomic E-state index is 11.9. The SMILES string of the molecule is CCN(CC)CC(=O)Nc1c(C)cccc1C.CN(C/C=C/C#CC(C)(C)C)Cc1cccc2ccccc12.Cl. The van der Waals surface area contributed by atoms with Crippen molar-refractivity contribution in [3.63, 3.8) is 0 Å². The molecule has 0 saturated carbocycles. The monoisotopic (exact) mass is 561 g/mol. The van der Waals surface area contributed by atoms with Gasteiger partial charge >= 0.3 is 0 Å². The van der Waals surface area contributed by atoms with E-state index in [0.717, 1.165) is 43.0 Å². The number of anilines is 1. The maximum absolute atomic E-state index is 11.9. The first-order valence-corrected chi connectivity index (χ1v) is 13.9. The van der Waals surface area contributed by atoms with Crippen LogP contribution in [0.2, 0.25) is 0 Å². The summed E-state index contributed by atoms with van der Waals surface area (Å²) in [6, 6.07) is 21.1. The third-order valence-electron chi connectivity index (χ3n) is 6.39. The Labute approximate surface area is 249 Å². The number of nitrogens with zero attached hydrogens (tertiary/aromatic N) is 2. The van der Waals surface area contributed by atoms with E-state index in [1.165, 1.54) is 16.3 Å². The van der Waals surface area contributed by atoms with E-state index in [9.17, 15) is 4.79 Å². The van der Waals surface area contributed by atoms with E-state index in [2.05, 4.69) is 117 Å². The van der Waals surface area contributed by atoms with Gasteiger partial charge in [-0.15, -0.1) is 12.4 Å². The van der Waals surface area contributed by atoms with Gasteiger partial charge < -0.3 is 5.32 Å². The largest absolute Gasteiger partial charge is 0.324 e. The summed E-state index contributed by atoms with van der Waals surface area (Å²) in [6.07, 6.45) is 4.09. The van der Waals surface area contributed by atoms with Crippen molar-refractivity contribution in [2.45, 2.75) is 55.0 Å². The van der Waals surface area contributed by atoms with E-state index in [0.29, 0.717) is 6.54 Å². The lowest BCUT2D eigenvalue weighted by molar-refractivity contribution is -0.117. The second-order valence-electron chi connectivity index (χ2n) is 11.0. The summed E-state index contributed by atoms with van der Waals surface area (Å²) < 4.78 is 0. The van der Waals surface area contributed by atoms with Gasteiger partial charge in [0.2, 0.25) is 5.91 Å². The standard InChI is InChI=1S/C21H25N.C14H22N2O.ClH/c1-21(2,3)15-8-5-9-16-22(4)17-19-13-10-12-18-11-6-7-14-20(18)19;1-5-16(6-2)10-13(17)15-14-11(3)8-7-9-12(14)4;/h5-7,9-14H,16-17H2,1-4H3;7-9H,5-6,10H2,1-4H3,(H,15,17);1H/b9-5+;;. The minimum Gasteiger partial charge on any atom is -0.324 e. The lowest BCUT2D eigenvalue weighted by Gasteiger charge is -2.18. The molecule has 0 atom stereocenters. The van der Waals surface area contributed by atoms with E-state index < -0.39 is 0 Å². The zero-order valence-corrected chi connectivity index (χ0v) is 26.5. The Kier molecular flexibility index (Phi) is 15.3. The molecule has 0 aromatic heterocycles. The van der Waals surface area contributed by atoms with Crippen molar-refractivity contribution in [2.75, 3.05) is 38.5 Å². The Morgan fingerprint density at radius 3 is 2.15 bits per heavy atom. The molecule has 216 valence electrons. The predicted molar refractivity (Wildman–Crippen MR) is 176 cm³/mol. The van der Waals surface area contributed by atoms with Crippen LogP contribution in [0.15, 0.2) is 72.8 Å². The predicted octanol–water partition coefficient (Wildman–Crippen LogP) is 7.88. The Hall–Kier alpha value is -3.10. The van der Waals surface area contributed by atoms with Crippen LogP contribution in [0.1, 0.15) is 51.3 Å². The molecule has 0 heterocycles. The molecule has 0 aliphatic heterocycles. The molecular weight excluding hydrogens is 514 g/mol. The van der Waals surface area contributed by atoms with E-state index in [4.69, 9.17) is 0 Å². The van der Waals surface area contributed by atoms with Crippen molar-refractivity contribution >= 4 is 34.8 Å². The van der Waals surface area contributed by atoms with Crippen LogP contribution in [0, 0.1) is 31.1 Å². The summed E-state index contributed by atoms with van der Waals surface area (Å²) in [6.45, 7) is 18.6. The van der Waals surface area contributed by atoms with Crippen LogP contribution in [0.3, 0.4) is 0 Å². The number of nitrogens with one attached hydrogen (secondary N) is 1. The number of likely N-dealkylation sites (N-methyl/N-ethyl adjacent to an activating group) is 2. The molecular formula is C35H48ClN3O. The van der Waals surface area contributed by atoms with Crippen molar-refractivity contribution in [3.05, 3.63) is 89.5 Å². The summed E-state index contributed by atoms with van der Waals surface area (Å²) in [7, 11) is 2.14. The summed E-state index contributed by atoms with van der Waals surface area (Å²) in [5.74, 6) is 6.39. The number of para-hydroxylation sites is 1. The van der Waals surface area contributed by atoms with Gasteiger partial charge in [-0.3, -0.25) is 14.6 Å². The van der Waals surface area contributed by atoms with Crippen LogP contribution in [-0.2, 0) is 11.3 Å². The number of rotatable bonds is 9. The first kappa shape index (κ1) is 34.9. The third-order valence-corrected chi connectivity index (χ3v) is 6.39. The van der Waals surface area contributed by atoms with Crippen molar-refractivity contribution in [1.82, 2.24) is 9.80 Å². The van der Waals surface area contributed by atoms with Crippen LogP contribution >= 0.6 is 12.4 Å². The number of halogens is 1. The fraction of sp³-hybridized carbons (Fsp3) is 0.400. The van der Waals surface area contributed by atoms with Gasteiger partial charge in [0, 0.05) is 24.2 Å². The lowest BCUT2D eigenvalue weighted by atomic mass is 9.98. The van der Waals surface area contributed by atoms with Gasteiger partial charge in [0.1, 0.15) is 0 Å². The van der Waals surface area contributed by atoms with Gasteiger partial charge in [-0.2, -0.15) is 0 Å². The Morgan fingerprint density at radius 2 is 1.52 bits per heavy atom. The number of fused-ring (bicyclic) bond motifs is 1. The van der Waals surface area contributed by atoms with Gasteiger partial charge in [0.05, 0.1) is 6.54 Å². The summed E-state index contributed by atoms with van der Waals surface area (Å²) in [5, 5.41) is 5.64. The van der Waals surface area contributed by atoms with Crippen molar-refractivity contribution in [1.29, 1.82) is 0 Å². The molecule has 0 spiro atoms. The normalized spacial score (nSPS) is 11.1. The second kappa shape index (κ2) is 17.6. The first-order valence-electron chi connectivity index (χ1n) is 13.9. The fourth-order valence-electron chi connectivity index (χ4n) is 4.18. The lowest BCUT2D eigenvalue weighted by Crippen LogP contribution is -2.33. The van der Waals surface area contributed by atoms with Gasteiger partial charge in [-0.05, 0) is 88.3 Å². The number of aryl methyl sites for hydroxylation is 2. The molecule has 1 N–H and O–H groups in total. The van der Waals surface area contributed by atoms with Crippen LogP contribution in [-0.4, -0.2) is 48.9 Å². The topological polar surface area (TPSA) is 35.6 Å². The molecule has 0 unspecified atom stereocenters. The Morgan fingerprint density at radius 1 is 0.925 bits per heavy atom. The minimum atomic E-state index is 0. The second-order valence-corrected chi connectivity index (χ2v) is 11.0. The van der Waals surface area contributed by atoms with E-state index in [1.54, 1.807) is 0 Å². The molecule has 3 rings (SSSR count). The van der Waals surface area contributed by atoms with Gasteiger partial charge in [-0.25, -0.2) is 0 Å². The van der Waals surface area contributed by atoms with Crippen LogP contribution in [0.25, 0.3) is 10.8 Å². The smallest absolute Gasteiger partial charge is 0.238 e. The Bertz CT molecular complexity index is 1270. The van der Waals surface area contributed by atoms with Crippen molar-refractivity contribution in [3.8, 4) is 11.8 Å². The average Bonchev–Trinajstić information content (AvgIpc) is 2.89. The number of amides is 1. The zero-order chi connectivity index (χ0) is 28.8. The highest BCUT2D eigenvalue weighted by Gasteiger charge is 2.10. The third kappa shape index (κ3) is 12.4. The van der Waals surface area contributed by atoms with Crippen molar-refractivity contribution in [2.24, 2.45) is 5.41 Å². The maximum Gasteiger partial charge on any atom is 0.238 e. The van der Waals surface area contributed by atoms with Gasteiger partial charge in [0.25, 0.3) is 0 Å². The van der Waals surface area contributed by atoms with E-state index >= 15 is 0 Å². The van der Waals surface area contributed by atoms with Crippen LogP contribution in [0.5, 0.6) is 0 Å². The first-order chi connectivity index (χ1) is 18.5. The molecule has 0 fully saturated rings. The molecule has 4 nitrogen and oxygen atoms in total. The zero-order valence-electron chi connectivity index (χ0n) is 25.7. The van der Waals surface area contributed by atoms with E-state index in [-0.39, 0.29) is 23.7 Å². The number of carbonyl (C=O) groups excluding carboxylic acids is 1.